The molecule has 0 spiro atoms. The Morgan fingerprint density at radius 1 is 1.23 bits per heavy atom. The van der Waals surface area contributed by atoms with E-state index in [4.69, 9.17) is 19.9 Å². The van der Waals surface area contributed by atoms with Gasteiger partial charge in [0.1, 0.15) is 19.0 Å². The number of anilines is 1. The third-order valence-electron chi connectivity index (χ3n) is 1.89. The maximum Gasteiger partial charge on any atom is 0.165 e. The van der Waals surface area contributed by atoms with Gasteiger partial charge >= 0.3 is 0 Å². The monoisotopic (exact) mass is 181 g/mol. The molecule has 1 heterocycles. The predicted octanol–water partition coefficient (Wildman–Crippen LogP) is 1.05. The van der Waals surface area contributed by atoms with Crippen molar-refractivity contribution in [2.75, 3.05) is 26.1 Å². The molecule has 1 aromatic rings. The molecule has 2 N–H and O–H groups in total. The molecule has 0 radical (unpaired) electrons. The molecule has 0 amide bonds. The molecule has 0 atom stereocenters. The maximum absolute atomic E-state index is 5.69. The first kappa shape index (κ1) is 8.04. The van der Waals surface area contributed by atoms with Crippen LogP contribution >= 0.6 is 0 Å². The summed E-state index contributed by atoms with van der Waals surface area (Å²) in [7, 11) is 1.57. The Hall–Kier alpha value is -1.58. The molecule has 13 heavy (non-hydrogen) atoms. The van der Waals surface area contributed by atoms with Crippen LogP contribution in [0.4, 0.5) is 5.69 Å². The maximum atomic E-state index is 5.69. The lowest BCUT2D eigenvalue weighted by Gasteiger charge is -2.19. The molecular formula is C9H11NO3. The summed E-state index contributed by atoms with van der Waals surface area (Å²) in [6, 6.07) is 3.46. The number of nitrogen functional groups attached to an aromatic ring is 1. The molecule has 70 valence electrons. The van der Waals surface area contributed by atoms with Crippen LogP contribution in [0.15, 0.2) is 12.1 Å². The van der Waals surface area contributed by atoms with Gasteiger partial charge in [0.25, 0.3) is 0 Å². The third kappa shape index (κ3) is 1.35. The largest absolute Gasteiger partial charge is 0.494 e. The van der Waals surface area contributed by atoms with E-state index in [0.717, 1.165) is 0 Å². The highest BCUT2D eigenvalue weighted by atomic mass is 16.6. The van der Waals surface area contributed by atoms with E-state index in [9.17, 15) is 0 Å². The van der Waals surface area contributed by atoms with Gasteiger partial charge in [-0.25, -0.2) is 0 Å². The summed E-state index contributed by atoms with van der Waals surface area (Å²) in [4.78, 5) is 0. The van der Waals surface area contributed by atoms with E-state index < -0.39 is 0 Å². The lowest BCUT2D eigenvalue weighted by atomic mass is 10.2. The van der Waals surface area contributed by atoms with Crippen molar-refractivity contribution in [1.82, 2.24) is 0 Å². The van der Waals surface area contributed by atoms with Crippen LogP contribution in [0.25, 0.3) is 0 Å². The fourth-order valence-electron chi connectivity index (χ4n) is 1.26. The van der Waals surface area contributed by atoms with Crippen molar-refractivity contribution in [3.05, 3.63) is 12.1 Å². The van der Waals surface area contributed by atoms with E-state index in [1.54, 1.807) is 19.2 Å². The minimum Gasteiger partial charge on any atom is -0.494 e. The average molecular weight is 181 g/mol. The van der Waals surface area contributed by atoms with Crippen LogP contribution in [0, 0.1) is 0 Å². The summed E-state index contributed by atoms with van der Waals surface area (Å²) in [6.07, 6.45) is 0. The first-order valence-corrected chi connectivity index (χ1v) is 4.04. The van der Waals surface area contributed by atoms with Crippen molar-refractivity contribution in [2.45, 2.75) is 0 Å². The molecule has 4 nitrogen and oxygen atoms in total. The van der Waals surface area contributed by atoms with Crippen LogP contribution in [0.1, 0.15) is 0 Å². The number of benzene rings is 1. The molecule has 0 saturated carbocycles. The van der Waals surface area contributed by atoms with E-state index in [1.165, 1.54) is 0 Å². The quantitative estimate of drug-likeness (QED) is 0.658. The van der Waals surface area contributed by atoms with Crippen molar-refractivity contribution in [1.29, 1.82) is 0 Å². The van der Waals surface area contributed by atoms with Gasteiger partial charge in [-0.3, -0.25) is 0 Å². The van der Waals surface area contributed by atoms with Gasteiger partial charge in [0.15, 0.2) is 11.5 Å². The summed E-state index contributed by atoms with van der Waals surface area (Å²) >= 11 is 0. The molecule has 0 saturated heterocycles. The fraction of sp³-hybridized carbons (Fsp3) is 0.333. The molecule has 0 aliphatic carbocycles. The molecule has 1 aliphatic rings. The standard InChI is InChI=1S/C9H11NO3/c1-11-7-5-9-8(4-6(7)10)12-2-3-13-9/h4-5H,2-3,10H2,1H3. The first-order chi connectivity index (χ1) is 6.31. The minimum atomic E-state index is 0.562. The van der Waals surface area contributed by atoms with Crippen LogP contribution in [0.3, 0.4) is 0 Å². The van der Waals surface area contributed by atoms with Gasteiger partial charge in [-0.2, -0.15) is 0 Å². The number of rotatable bonds is 1. The predicted molar refractivity (Wildman–Crippen MR) is 48.4 cm³/mol. The Morgan fingerprint density at radius 3 is 2.46 bits per heavy atom. The van der Waals surface area contributed by atoms with Gasteiger partial charge in [0.2, 0.25) is 0 Å². The van der Waals surface area contributed by atoms with Crippen LogP contribution in [-0.2, 0) is 0 Å². The van der Waals surface area contributed by atoms with E-state index in [2.05, 4.69) is 0 Å². The number of hydrogen-bond acceptors (Lipinski definition) is 4. The number of fused-ring (bicyclic) bond motifs is 1. The minimum absolute atomic E-state index is 0.562. The van der Waals surface area contributed by atoms with Crippen molar-refractivity contribution in [3.8, 4) is 17.2 Å². The smallest absolute Gasteiger partial charge is 0.165 e. The molecule has 1 aliphatic heterocycles. The van der Waals surface area contributed by atoms with Crippen molar-refractivity contribution < 1.29 is 14.2 Å². The second-order valence-corrected chi connectivity index (χ2v) is 2.74. The van der Waals surface area contributed by atoms with Gasteiger partial charge < -0.3 is 19.9 Å². The van der Waals surface area contributed by atoms with Gasteiger partial charge in [-0.1, -0.05) is 0 Å². The molecule has 0 aromatic heterocycles. The zero-order chi connectivity index (χ0) is 9.26. The summed E-state index contributed by atoms with van der Waals surface area (Å²) in [5.41, 5.74) is 6.26. The molecule has 0 unspecified atom stereocenters. The third-order valence-corrected chi connectivity index (χ3v) is 1.89. The summed E-state index contributed by atoms with van der Waals surface area (Å²) in [5.74, 6) is 1.99. The van der Waals surface area contributed by atoms with Crippen LogP contribution in [-0.4, -0.2) is 20.3 Å². The number of methoxy groups -OCH3 is 1. The molecule has 1 aromatic carbocycles. The Bertz CT molecular complexity index is 325. The van der Waals surface area contributed by atoms with Crippen molar-refractivity contribution >= 4 is 5.69 Å². The topological polar surface area (TPSA) is 53.7 Å². The Labute approximate surface area is 76.2 Å². The number of hydrogen-bond donors (Lipinski definition) is 1. The van der Waals surface area contributed by atoms with Crippen LogP contribution in [0.2, 0.25) is 0 Å². The highest BCUT2D eigenvalue weighted by molar-refractivity contribution is 5.62. The van der Waals surface area contributed by atoms with E-state index >= 15 is 0 Å². The highest BCUT2D eigenvalue weighted by Gasteiger charge is 2.14. The molecule has 0 fully saturated rings. The van der Waals surface area contributed by atoms with Gasteiger partial charge in [0.05, 0.1) is 12.8 Å². The number of nitrogens with two attached hydrogens (primary N) is 1. The Morgan fingerprint density at radius 2 is 1.85 bits per heavy atom. The summed E-state index contributed by atoms with van der Waals surface area (Å²) in [6.45, 7) is 1.14. The van der Waals surface area contributed by atoms with Gasteiger partial charge in [-0.05, 0) is 0 Å². The van der Waals surface area contributed by atoms with E-state index in [0.29, 0.717) is 36.1 Å². The van der Waals surface area contributed by atoms with E-state index in [-0.39, 0.29) is 0 Å². The van der Waals surface area contributed by atoms with Crippen LogP contribution in [0.5, 0.6) is 17.2 Å². The molecule has 4 heteroatoms. The average Bonchev–Trinajstić information content (AvgIpc) is 2.17. The molecule has 0 bridgehead atoms. The zero-order valence-corrected chi connectivity index (χ0v) is 7.37. The lowest BCUT2D eigenvalue weighted by Crippen LogP contribution is -2.15. The Balaban J connectivity index is 2.44. The SMILES string of the molecule is COc1cc2c(cc1N)OCCO2. The fourth-order valence-corrected chi connectivity index (χ4v) is 1.26. The molecular weight excluding hydrogens is 170 g/mol. The number of ether oxygens (including phenoxy) is 3. The Kier molecular flexibility index (Phi) is 1.88. The van der Waals surface area contributed by atoms with Crippen molar-refractivity contribution in [3.63, 3.8) is 0 Å². The first-order valence-electron chi connectivity index (χ1n) is 4.04. The summed E-state index contributed by atoms with van der Waals surface area (Å²) in [5, 5.41) is 0. The second-order valence-electron chi connectivity index (χ2n) is 2.74. The normalized spacial score (nSPS) is 13.9. The van der Waals surface area contributed by atoms with Gasteiger partial charge in [0, 0.05) is 12.1 Å². The zero-order valence-electron chi connectivity index (χ0n) is 7.37. The van der Waals surface area contributed by atoms with Gasteiger partial charge in [-0.15, -0.1) is 0 Å². The van der Waals surface area contributed by atoms with Crippen LogP contribution < -0.4 is 19.9 Å². The second kappa shape index (κ2) is 3.05. The molecule has 2 rings (SSSR count). The highest BCUT2D eigenvalue weighted by Crippen LogP contribution is 2.37. The lowest BCUT2D eigenvalue weighted by molar-refractivity contribution is 0.171. The summed E-state index contributed by atoms with van der Waals surface area (Å²) < 4.78 is 15.8. The van der Waals surface area contributed by atoms with E-state index in [1.807, 2.05) is 0 Å². The van der Waals surface area contributed by atoms with Crippen molar-refractivity contribution in [2.24, 2.45) is 0 Å².